The summed E-state index contributed by atoms with van der Waals surface area (Å²) in [5.41, 5.74) is -0.271. The van der Waals surface area contributed by atoms with Crippen LogP contribution >= 0.6 is 0 Å². The predicted molar refractivity (Wildman–Crippen MR) is 132 cm³/mol. The van der Waals surface area contributed by atoms with Crippen LogP contribution in [0.5, 0.6) is 0 Å². The van der Waals surface area contributed by atoms with Gasteiger partial charge in [0.25, 0.3) is 0 Å². The maximum atomic E-state index is 10.7. The van der Waals surface area contributed by atoms with Gasteiger partial charge in [0.2, 0.25) is 0 Å². The maximum Gasteiger partial charge on any atom is 0.0865 e. The lowest BCUT2D eigenvalue weighted by atomic mass is 9.85. The molecule has 12 atom stereocenters. The van der Waals surface area contributed by atoms with E-state index in [0.717, 1.165) is 32.1 Å². The van der Waals surface area contributed by atoms with Crippen molar-refractivity contribution in [1.29, 1.82) is 0 Å². The predicted octanol–water partition coefficient (Wildman–Crippen LogP) is 3.41. The molecule has 0 saturated heterocycles. The molecule has 0 aliphatic heterocycles. The van der Waals surface area contributed by atoms with Crippen molar-refractivity contribution in [3.8, 4) is 0 Å². The Balaban J connectivity index is 1.06. The smallest absolute Gasteiger partial charge is 0.0865 e. The molecule has 6 heteroatoms. The summed E-state index contributed by atoms with van der Waals surface area (Å²) >= 11 is 0. The van der Waals surface area contributed by atoms with Gasteiger partial charge in [-0.1, -0.05) is 6.92 Å². The van der Waals surface area contributed by atoms with Gasteiger partial charge in [-0.25, -0.2) is 0 Å². The zero-order valence-corrected chi connectivity index (χ0v) is 21.6. The number of hydrogen-bond donors (Lipinski definition) is 3. The van der Waals surface area contributed by atoms with Crippen molar-refractivity contribution < 1.29 is 29.5 Å². The third-order valence-corrected chi connectivity index (χ3v) is 11.6. The third kappa shape index (κ3) is 4.63. The molecule has 0 aromatic heterocycles. The van der Waals surface area contributed by atoms with E-state index in [2.05, 4.69) is 6.92 Å². The molecule has 6 aliphatic rings. The topological polar surface area (TPSA) is 88.4 Å². The standard InChI is InChI=1S/C29H48O6/c1-2-29(16-35-28-22-8-7-21(11-22)27(28)32,14-33-12-23-17-3-5-19(9-17)25(23)30)15-34-13-24-18-4-6-20(10-18)26(24)31/h17-28,30-32H,2-16H2,1H3. The van der Waals surface area contributed by atoms with Crippen LogP contribution in [0.1, 0.15) is 71.1 Å². The van der Waals surface area contributed by atoms with Gasteiger partial charge in [0.05, 0.1) is 57.5 Å². The fourth-order valence-electron chi connectivity index (χ4n) is 9.20. The number of hydrogen-bond acceptors (Lipinski definition) is 6. The lowest BCUT2D eigenvalue weighted by molar-refractivity contribution is -0.134. The van der Waals surface area contributed by atoms with E-state index in [9.17, 15) is 15.3 Å². The quantitative estimate of drug-likeness (QED) is 0.387. The number of aliphatic hydroxyl groups excluding tert-OH is 3. The third-order valence-electron chi connectivity index (χ3n) is 11.6. The Hall–Kier alpha value is -0.240. The highest BCUT2D eigenvalue weighted by molar-refractivity contribution is 4.99. The van der Waals surface area contributed by atoms with Gasteiger partial charge >= 0.3 is 0 Å². The van der Waals surface area contributed by atoms with Gasteiger partial charge in [0.15, 0.2) is 0 Å². The molecule has 0 radical (unpaired) electrons. The summed E-state index contributed by atoms with van der Waals surface area (Å²) in [6.07, 6.45) is 10.6. The molecule has 6 aliphatic carbocycles. The lowest BCUT2D eigenvalue weighted by Crippen LogP contribution is -2.43. The minimum absolute atomic E-state index is 0.0561. The van der Waals surface area contributed by atoms with E-state index < -0.39 is 0 Å². The van der Waals surface area contributed by atoms with E-state index in [4.69, 9.17) is 14.2 Å². The minimum Gasteiger partial charge on any atom is -0.392 e. The summed E-state index contributed by atoms with van der Waals surface area (Å²) in [6, 6.07) is 0. The fraction of sp³-hybridized carbons (Fsp3) is 1.00. The molecule has 6 saturated carbocycles. The van der Waals surface area contributed by atoms with Crippen LogP contribution in [0.15, 0.2) is 0 Å². The van der Waals surface area contributed by atoms with Crippen LogP contribution in [0, 0.1) is 52.8 Å². The van der Waals surface area contributed by atoms with E-state index in [1.54, 1.807) is 0 Å². The van der Waals surface area contributed by atoms with E-state index >= 15 is 0 Å². The summed E-state index contributed by atoms with van der Waals surface area (Å²) in [7, 11) is 0. The molecule has 3 N–H and O–H groups in total. The summed E-state index contributed by atoms with van der Waals surface area (Å²) < 4.78 is 19.2. The van der Waals surface area contributed by atoms with Crippen LogP contribution in [0.25, 0.3) is 0 Å². The summed E-state index contributed by atoms with van der Waals surface area (Å²) in [5, 5.41) is 32.0. The molecule has 0 amide bonds. The average Bonchev–Trinajstić information content (AvgIpc) is 3.69. The molecule has 0 spiro atoms. The fourth-order valence-corrected chi connectivity index (χ4v) is 9.20. The van der Waals surface area contributed by atoms with Gasteiger partial charge in [0, 0.05) is 17.3 Å². The Morgan fingerprint density at radius 2 is 1.06 bits per heavy atom. The zero-order chi connectivity index (χ0) is 24.2. The maximum absolute atomic E-state index is 10.7. The van der Waals surface area contributed by atoms with Crippen LogP contribution in [0.2, 0.25) is 0 Å². The first-order chi connectivity index (χ1) is 17.0. The Morgan fingerprint density at radius 3 is 1.49 bits per heavy atom. The molecule has 0 heterocycles. The molecule has 6 rings (SSSR count). The van der Waals surface area contributed by atoms with E-state index in [-0.39, 0.29) is 41.7 Å². The van der Waals surface area contributed by atoms with E-state index in [1.165, 1.54) is 32.1 Å². The molecule has 6 fully saturated rings. The van der Waals surface area contributed by atoms with Crippen molar-refractivity contribution in [3.05, 3.63) is 0 Å². The number of fused-ring (bicyclic) bond motifs is 6. The van der Waals surface area contributed by atoms with Crippen LogP contribution < -0.4 is 0 Å². The number of rotatable bonds is 12. The second-order valence-corrected chi connectivity index (χ2v) is 13.5. The Bertz CT molecular complexity index is 686. The van der Waals surface area contributed by atoms with Gasteiger partial charge in [-0.05, 0) is 99.7 Å². The second kappa shape index (κ2) is 10.1. The highest BCUT2D eigenvalue weighted by Gasteiger charge is 2.50. The highest BCUT2D eigenvalue weighted by Crippen LogP contribution is 2.50. The molecule has 0 aromatic rings. The summed E-state index contributed by atoms with van der Waals surface area (Å²) in [4.78, 5) is 0. The first kappa shape index (κ1) is 25.1. The monoisotopic (exact) mass is 492 g/mol. The Morgan fingerprint density at radius 1 is 0.600 bits per heavy atom. The van der Waals surface area contributed by atoms with Crippen molar-refractivity contribution in [2.24, 2.45) is 52.8 Å². The average molecular weight is 493 g/mol. The van der Waals surface area contributed by atoms with E-state index in [1.807, 2.05) is 0 Å². The normalized spacial score (nSPS) is 49.4. The lowest BCUT2D eigenvalue weighted by Gasteiger charge is -2.37. The van der Waals surface area contributed by atoms with Crippen LogP contribution in [0.3, 0.4) is 0 Å². The molecular weight excluding hydrogens is 444 g/mol. The van der Waals surface area contributed by atoms with Gasteiger partial charge in [-0.15, -0.1) is 0 Å². The molecule has 12 unspecified atom stereocenters. The summed E-state index contributed by atoms with van der Waals surface area (Å²) in [6.45, 7) is 5.07. The molecule has 6 nitrogen and oxygen atoms in total. The second-order valence-electron chi connectivity index (χ2n) is 13.5. The van der Waals surface area contributed by atoms with Gasteiger partial charge < -0.3 is 29.5 Å². The highest BCUT2D eigenvalue weighted by atomic mass is 16.5. The first-order valence-electron chi connectivity index (χ1n) is 14.8. The first-order valence-corrected chi connectivity index (χ1v) is 14.8. The molecule has 200 valence electrons. The van der Waals surface area contributed by atoms with Gasteiger partial charge in [0.1, 0.15) is 0 Å². The van der Waals surface area contributed by atoms with Crippen molar-refractivity contribution >= 4 is 0 Å². The van der Waals surface area contributed by atoms with Crippen LogP contribution in [-0.4, -0.2) is 72.8 Å². The minimum atomic E-state index is -0.335. The Labute approximate surface area is 211 Å². The van der Waals surface area contributed by atoms with Gasteiger partial charge in [-0.2, -0.15) is 0 Å². The van der Waals surface area contributed by atoms with Crippen LogP contribution in [-0.2, 0) is 14.2 Å². The molecule has 35 heavy (non-hydrogen) atoms. The summed E-state index contributed by atoms with van der Waals surface area (Å²) in [5.74, 6) is 3.60. The van der Waals surface area contributed by atoms with Crippen molar-refractivity contribution in [1.82, 2.24) is 0 Å². The van der Waals surface area contributed by atoms with Crippen molar-refractivity contribution in [2.75, 3.05) is 33.0 Å². The van der Waals surface area contributed by atoms with Gasteiger partial charge in [-0.3, -0.25) is 0 Å². The van der Waals surface area contributed by atoms with Crippen molar-refractivity contribution in [2.45, 2.75) is 95.5 Å². The largest absolute Gasteiger partial charge is 0.392 e. The Kier molecular flexibility index (Phi) is 7.26. The SMILES string of the molecule is CCC(COCC1C2CCC(C2)C1O)(COCC1C2CCC(C2)C1O)COC1C2CCC(C2)C1O. The molecule has 0 aromatic carbocycles. The molecule has 6 bridgehead atoms. The van der Waals surface area contributed by atoms with E-state index in [0.29, 0.717) is 68.5 Å². The number of aliphatic hydroxyl groups is 3. The van der Waals surface area contributed by atoms with Crippen molar-refractivity contribution in [3.63, 3.8) is 0 Å². The zero-order valence-electron chi connectivity index (χ0n) is 21.6. The number of ether oxygens (including phenoxy) is 3. The van der Waals surface area contributed by atoms with Crippen LogP contribution in [0.4, 0.5) is 0 Å². The molecular formula is C29H48O6.